The minimum absolute atomic E-state index is 0.294. The van der Waals surface area contributed by atoms with Gasteiger partial charge in [-0.25, -0.2) is 9.18 Å². The first-order valence-corrected chi connectivity index (χ1v) is 4.96. The van der Waals surface area contributed by atoms with E-state index in [0.717, 1.165) is 5.56 Å². The van der Waals surface area contributed by atoms with Crippen molar-refractivity contribution in [2.24, 2.45) is 0 Å². The molecule has 0 bridgehead atoms. The maximum absolute atomic E-state index is 13.5. The zero-order valence-electron chi connectivity index (χ0n) is 8.10. The van der Waals surface area contributed by atoms with Gasteiger partial charge in [-0.2, -0.15) is 0 Å². The Balaban J connectivity index is 2.43. The van der Waals surface area contributed by atoms with E-state index < -0.39 is 0 Å². The van der Waals surface area contributed by atoms with Crippen LogP contribution in [0.2, 0.25) is 5.02 Å². The summed E-state index contributed by atoms with van der Waals surface area (Å²) in [5.41, 5.74) is 1.16. The van der Waals surface area contributed by atoms with Gasteiger partial charge in [-0.1, -0.05) is 17.7 Å². The number of benzene rings is 1. The Hall–Kier alpha value is -1.29. The van der Waals surface area contributed by atoms with Crippen molar-refractivity contribution in [3.05, 3.63) is 34.1 Å². The predicted molar refractivity (Wildman–Crippen MR) is 55.4 cm³/mol. The van der Waals surface area contributed by atoms with Gasteiger partial charge in [-0.05, 0) is 18.6 Å². The van der Waals surface area contributed by atoms with Crippen LogP contribution in [0.1, 0.15) is 17.2 Å². The Labute approximate surface area is 91.6 Å². The van der Waals surface area contributed by atoms with Crippen LogP contribution >= 0.6 is 11.6 Å². The Morgan fingerprint density at radius 2 is 2.27 bits per heavy atom. The molecule has 1 aliphatic rings. The van der Waals surface area contributed by atoms with Crippen LogP contribution in [0, 0.1) is 12.7 Å². The Morgan fingerprint density at radius 1 is 1.53 bits per heavy atom. The fourth-order valence-electron chi connectivity index (χ4n) is 1.63. The summed E-state index contributed by atoms with van der Waals surface area (Å²) >= 11 is 6.01. The minimum atomic E-state index is -0.389. The monoisotopic (exact) mass is 228 g/mol. The normalized spacial score (nSPS) is 19.9. The molecule has 15 heavy (non-hydrogen) atoms. The molecule has 1 aromatic rings. The van der Waals surface area contributed by atoms with E-state index in [9.17, 15) is 9.18 Å². The highest BCUT2D eigenvalue weighted by molar-refractivity contribution is 6.32. The third-order valence-electron chi connectivity index (χ3n) is 2.44. The van der Waals surface area contributed by atoms with E-state index in [1.165, 1.54) is 6.07 Å². The summed E-state index contributed by atoms with van der Waals surface area (Å²) in [7, 11) is 0. The van der Waals surface area contributed by atoms with Gasteiger partial charge >= 0.3 is 6.03 Å². The van der Waals surface area contributed by atoms with E-state index in [4.69, 9.17) is 11.6 Å². The molecule has 1 aromatic carbocycles. The summed E-state index contributed by atoms with van der Waals surface area (Å²) in [5, 5.41) is 5.55. The molecule has 5 heteroatoms. The van der Waals surface area contributed by atoms with Crippen molar-refractivity contribution in [1.82, 2.24) is 10.6 Å². The number of carbonyl (C=O) groups excluding carboxylic acids is 1. The average Bonchev–Trinajstić information content (AvgIpc) is 2.59. The molecule has 2 rings (SSSR count). The molecule has 2 N–H and O–H groups in total. The van der Waals surface area contributed by atoms with E-state index in [1.807, 2.05) is 0 Å². The summed E-state index contributed by atoms with van der Waals surface area (Å²) in [6, 6.07) is 2.30. The van der Waals surface area contributed by atoms with Crippen molar-refractivity contribution in [2.75, 3.05) is 6.54 Å². The van der Waals surface area contributed by atoms with E-state index in [2.05, 4.69) is 10.6 Å². The summed E-state index contributed by atoms with van der Waals surface area (Å²) in [5.74, 6) is -0.389. The molecule has 1 heterocycles. The molecule has 2 amide bonds. The highest BCUT2D eigenvalue weighted by Crippen LogP contribution is 2.29. The van der Waals surface area contributed by atoms with Crippen molar-refractivity contribution in [3.63, 3.8) is 0 Å². The van der Waals surface area contributed by atoms with Crippen molar-refractivity contribution in [3.8, 4) is 0 Å². The Morgan fingerprint density at radius 3 is 2.87 bits per heavy atom. The molecule has 0 aromatic heterocycles. The molecular weight excluding hydrogens is 219 g/mol. The van der Waals surface area contributed by atoms with Crippen LogP contribution in [-0.4, -0.2) is 12.6 Å². The molecule has 0 aliphatic carbocycles. The Bertz CT molecular complexity index is 422. The van der Waals surface area contributed by atoms with Crippen LogP contribution in [0.15, 0.2) is 12.1 Å². The number of hydrogen-bond donors (Lipinski definition) is 2. The second-order valence-corrected chi connectivity index (χ2v) is 3.88. The van der Waals surface area contributed by atoms with Crippen molar-refractivity contribution in [2.45, 2.75) is 13.0 Å². The van der Waals surface area contributed by atoms with Gasteiger partial charge in [0, 0.05) is 12.1 Å². The summed E-state index contributed by atoms with van der Waals surface area (Å²) in [6.07, 6.45) is 0. The molecular formula is C10H10ClFN2O. The van der Waals surface area contributed by atoms with Gasteiger partial charge in [0.05, 0.1) is 11.1 Å². The SMILES string of the molecule is Cc1ccc(F)c([C@H]2CNC(=O)N2)c1Cl. The van der Waals surface area contributed by atoms with Crippen LogP contribution in [0.3, 0.4) is 0 Å². The fourth-order valence-corrected chi connectivity index (χ4v) is 1.91. The Kier molecular flexibility index (Phi) is 2.52. The van der Waals surface area contributed by atoms with Gasteiger partial charge in [0.15, 0.2) is 0 Å². The summed E-state index contributed by atoms with van der Waals surface area (Å²) < 4.78 is 13.5. The standard InChI is InChI=1S/C10H10ClFN2O/c1-5-2-3-6(12)8(9(5)11)7-4-13-10(15)14-7/h2-3,7H,4H2,1H3,(H2,13,14,15)/t7-/m1/s1. The molecule has 1 fully saturated rings. The number of halogens is 2. The van der Waals surface area contributed by atoms with E-state index in [1.54, 1.807) is 13.0 Å². The first-order valence-electron chi connectivity index (χ1n) is 4.58. The molecule has 0 spiro atoms. The topological polar surface area (TPSA) is 41.1 Å². The fraction of sp³-hybridized carbons (Fsp3) is 0.300. The first kappa shape index (κ1) is 10.2. The highest BCUT2D eigenvalue weighted by Gasteiger charge is 2.26. The summed E-state index contributed by atoms with van der Waals surface area (Å²) in [6.45, 7) is 2.16. The maximum Gasteiger partial charge on any atom is 0.315 e. The number of aryl methyl sites for hydroxylation is 1. The smallest absolute Gasteiger partial charge is 0.315 e. The van der Waals surface area contributed by atoms with Gasteiger partial charge in [0.1, 0.15) is 5.82 Å². The minimum Gasteiger partial charge on any atom is -0.336 e. The average molecular weight is 229 g/mol. The number of urea groups is 1. The molecule has 0 radical (unpaired) electrons. The first-order chi connectivity index (χ1) is 7.09. The molecule has 0 unspecified atom stereocenters. The second kappa shape index (κ2) is 3.70. The molecule has 3 nitrogen and oxygen atoms in total. The van der Waals surface area contributed by atoms with Gasteiger partial charge in [0.25, 0.3) is 0 Å². The van der Waals surface area contributed by atoms with E-state index >= 15 is 0 Å². The van der Waals surface area contributed by atoms with Crippen LogP contribution < -0.4 is 10.6 Å². The van der Waals surface area contributed by atoms with Crippen molar-refractivity contribution < 1.29 is 9.18 Å². The van der Waals surface area contributed by atoms with E-state index in [0.29, 0.717) is 17.1 Å². The molecule has 0 saturated carbocycles. The van der Waals surface area contributed by atoms with E-state index in [-0.39, 0.29) is 17.9 Å². The maximum atomic E-state index is 13.5. The molecule has 1 aliphatic heterocycles. The lowest BCUT2D eigenvalue weighted by molar-refractivity contribution is 0.247. The number of hydrogen-bond acceptors (Lipinski definition) is 1. The van der Waals surface area contributed by atoms with Crippen molar-refractivity contribution >= 4 is 17.6 Å². The third kappa shape index (κ3) is 1.77. The second-order valence-electron chi connectivity index (χ2n) is 3.50. The van der Waals surface area contributed by atoms with Crippen LogP contribution in [-0.2, 0) is 0 Å². The molecule has 80 valence electrons. The van der Waals surface area contributed by atoms with Crippen LogP contribution in [0.4, 0.5) is 9.18 Å². The van der Waals surface area contributed by atoms with Crippen LogP contribution in [0.25, 0.3) is 0 Å². The third-order valence-corrected chi connectivity index (χ3v) is 2.94. The lowest BCUT2D eigenvalue weighted by Crippen LogP contribution is -2.22. The number of nitrogens with one attached hydrogen (secondary N) is 2. The lowest BCUT2D eigenvalue weighted by atomic mass is 10.0. The highest BCUT2D eigenvalue weighted by atomic mass is 35.5. The van der Waals surface area contributed by atoms with Gasteiger partial charge in [0.2, 0.25) is 0 Å². The largest absolute Gasteiger partial charge is 0.336 e. The lowest BCUT2D eigenvalue weighted by Gasteiger charge is -2.13. The van der Waals surface area contributed by atoms with Crippen molar-refractivity contribution in [1.29, 1.82) is 0 Å². The van der Waals surface area contributed by atoms with Crippen LogP contribution in [0.5, 0.6) is 0 Å². The molecule has 1 saturated heterocycles. The van der Waals surface area contributed by atoms with Gasteiger partial charge in [-0.15, -0.1) is 0 Å². The quantitative estimate of drug-likeness (QED) is 0.760. The molecule has 1 atom stereocenters. The zero-order chi connectivity index (χ0) is 11.0. The number of amides is 2. The predicted octanol–water partition coefficient (Wildman–Crippen LogP) is 2.14. The summed E-state index contributed by atoms with van der Waals surface area (Å²) in [4.78, 5) is 10.9. The van der Waals surface area contributed by atoms with Gasteiger partial charge in [-0.3, -0.25) is 0 Å². The number of carbonyl (C=O) groups is 1. The van der Waals surface area contributed by atoms with Gasteiger partial charge < -0.3 is 10.6 Å². The zero-order valence-corrected chi connectivity index (χ0v) is 8.86. The number of rotatable bonds is 1.